The molecule has 128 valence electrons. The van der Waals surface area contributed by atoms with E-state index in [1.165, 1.54) is 5.56 Å². The number of morpholine rings is 1. The highest BCUT2D eigenvalue weighted by atomic mass is 16.5. The van der Waals surface area contributed by atoms with Gasteiger partial charge in [0, 0.05) is 31.4 Å². The fourth-order valence-electron chi connectivity index (χ4n) is 4.21. The first kappa shape index (κ1) is 15.7. The standard InChI is InChI=1S/C19H25N3O2/c1-2-7-22-12-15(11-21-8-6-20-13-21)24-19-10-16-14(9-17(19)22)4-3-5-18(16)23/h3-6,8,13,15,17,19,23H,2,7,9-12H2,1H3/t15-,17+,19+/m0/s1. The third kappa shape index (κ3) is 2.94. The van der Waals surface area contributed by atoms with Gasteiger partial charge in [0.25, 0.3) is 0 Å². The molecule has 5 nitrogen and oxygen atoms in total. The van der Waals surface area contributed by atoms with Gasteiger partial charge in [0.15, 0.2) is 0 Å². The third-order valence-electron chi connectivity index (χ3n) is 5.27. The average molecular weight is 327 g/mol. The highest BCUT2D eigenvalue weighted by Crippen LogP contribution is 2.35. The quantitative estimate of drug-likeness (QED) is 0.936. The lowest BCUT2D eigenvalue weighted by atomic mass is 9.83. The number of rotatable bonds is 4. The number of benzene rings is 1. The summed E-state index contributed by atoms with van der Waals surface area (Å²) in [5, 5.41) is 10.2. The molecule has 1 aliphatic heterocycles. The predicted molar refractivity (Wildman–Crippen MR) is 92.1 cm³/mol. The molecule has 1 aromatic heterocycles. The van der Waals surface area contributed by atoms with Crippen LogP contribution in [0.4, 0.5) is 0 Å². The number of aromatic hydroxyl groups is 1. The monoisotopic (exact) mass is 327 g/mol. The van der Waals surface area contributed by atoms with Crippen LogP contribution in [0.3, 0.4) is 0 Å². The minimum atomic E-state index is 0.152. The molecule has 0 unspecified atom stereocenters. The third-order valence-corrected chi connectivity index (χ3v) is 5.27. The van der Waals surface area contributed by atoms with Gasteiger partial charge in [-0.3, -0.25) is 4.90 Å². The Morgan fingerprint density at radius 1 is 1.33 bits per heavy atom. The summed E-state index contributed by atoms with van der Waals surface area (Å²) in [7, 11) is 0. The number of hydrogen-bond acceptors (Lipinski definition) is 4. The summed E-state index contributed by atoms with van der Waals surface area (Å²) in [6.07, 6.45) is 8.88. The van der Waals surface area contributed by atoms with Crippen LogP contribution < -0.4 is 0 Å². The summed E-state index contributed by atoms with van der Waals surface area (Å²) >= 11 is 0. The van der Waals surface area contributed by atoms with Gasteiger partial charge in [0.2, 0.25) is 0 Å². The van der Waals surface area contributed by atoms with E-state index in [0.29, 0.717) is 11.8 Å². The predicted octanol–water partition coefficient (Wildman–Crippen LogP) is 2.24. The zero-order valence-corrected chi connectivity index (χ0v) is 14.1. The van der Waals surface area contributed by atoms with Gasteiger partial charge in [-0.25, -0.2) is 4.98 Å². The summed E-state index contributed by atoms with van der Waals surface area (Å²) in [5.41, 5.74) is 2.34. The van der Waals surface area contributed by atoms with Gasteiger partial charge in [-0.05, 0) is 36.6 Å². The number of hydrogen-bond donors (Lipinski definition) is 1. The summed E-state index contributed by atoms with van der Waals surface area (Å²) in [4.78, 5) is 6.71. The van der Waals surface area contributed by atoms with Gasteiger partial charge in [-0.2, -0.15) is 0 Å². The molecule has 2 aliphatic rings. The normalized spacial score (nSPS) is 26.8. The number of imidazole rings is 1. The molecule has 2 heterocycles. The molecule has 0 amide bonds. The number of phenols is 1. The van der Waals surface area contributed by atoms with E-state index in [9.17, 15) is 5.11 Å². The first-order valence-corrected chi connectivity index (χ1v) is 8.89. The van der Waals surface area contributed by atoms with Crippen molar-refractivity contribution in [2.75, 3.05) is 13.1 Å². The number of ether oxygens (including phenoxy) is 1. The SMILES string of the molecule is CCCN1C[C@H](Cn2ccnc2)O[C@@H]2Cc3c(O)cccc3C[C@H]21. The van der Waals surface area contributed by atoms with E-state index in [0.717, 1.165) is 44.5 Å². The molecule has 4 rings (SSSR count). The van der Waals surface area contributed by atoms with Crippen LogP contribution in [0, 0.1) is 0 Å². The Labute approximate surface area is 142 Å². The van der Waals surface area contributed by atoms with Crippen LogP contribution in [-0.2, 0) is 24.1 Å². The highest BCUT2D eigenvalue weighted by molar-refractivity contribution is 5.42. The zero-order valence-electron chi connectivity index (χ0n) is 14.1. The van der Waals surface area contributed by atoms with Crippen LogP contribution in [0.1, 0.15) is 24.5 Å². The van der Waals surface area contributed by atoms with Crippen LogP contribution in [0.25, 0.3) is 0 Å². The molecular weight excluding hydrogens is 302 g/mol. The smallest absolute Gasteiger partial charge is 0.119 e. The van der Waals surface area contributed by atoms with Crippen molar-refractivity contribution in [3.63, 3.8) is 0 Å². The fraction of sp³-hybridized carbons (Fsp3) is 0.526. The lowest BCUT2D eigenvalue weighted by Crippen LogP contribution is -2.58. The Bertz CT molecular complexity index is 686. The van der Waals surface area contributed by atoms with Crippen molar-refractivity contribution in [3.8, 4) is 5.75 Å². The van der Waals surface area contributed by atoms with E-state index in [2.05, 4.69) is 27.4 Å². The van der Waals surface area contributed by atoms with Crippen molar-refractivity contribution in [1.29, 1.82) is 0 Å². The second-order valence-electron chi connectivity index (χ2n) is 6.94. The van der Waals surface area contributed by atoms with Crippen LogP contribution in [-0.4, -0.2) is 50.9 Å². The molecule has 1 N–H and O–H groups in total. The molecule has 0 radical (unpaired) electrons. The van der Waals surface area contributed by atoms with Crippen LogP contribution in [0.5, 0.6) is 5.75 Å². The summed E-state index contributed by atoms with van der Waals surface area (Å²) in [6.45, 7) is 5.12. The van der Waals surface area contributed by atoms with Gasteiger partial charge in [-0.1, -0.05) is 19.1 Å². The average Bonchev–Trinajstić information content (AvgIpc) is 3.07. The molecule has 24 heavy (non-hydrogen) atoms. The second kappa shape index (κ2) is 6.57. The lowest BCUT2D eigenvalue weighted by Gasteiger charge is -2.47. The molecular formula is C19H25N3O2. The summed E-state index contributed by atoms with van der Waals surface area (Å²) in [5.74, 6) is 0.410. The van der Waals surface area contributed by atoms with Gasteiger partial charge < -0.3 is 14.4 Å². The molecule has 3 atom stereocenters. The number of phenolic OH excluding ortho intramolecular Hbond substituents is 1. The molecule has 0 saturated carbocycles. The van der Waals surface area contributed by atoms with Gasteiger partial charge in [0.05, 0.1) is 25.1 Å². The molecule has 1 fully saturated rings. The minimum absolute atomic E-state index is 0.152. The van der Waals surface area contributed by atoms with Crippen molar-refractivity contribution in [2.24, 2.45) is 0 Å². The van der Waals surface area contributed by atoms with E-state index < -0.39 is 0 Å². The Kier molecular flexibility index (Phi) is 4.29. The minimum Gasteiger partial charge on any atom is -0.508 e. The Hall–Kier alpha value is -1.85. The van der Waals surface area contributed by atoms with Gasteiger partial charge >= 0.3 is 0 Å². The van der Waals surface area contributed by atoms with E-state index >= 15 is 0 Å². The van der Waals surface area contributed by atoms with Crippen molar-refractivity contribution in [3.05, 3.63) is 48.0 Å². The Morgan fingerprint density at radius 2 is 2.25 bits per heavy atom. The maximum atomic E-state index is 10.2. The van der Waals surface area contributed by atoms with Crippen molar-refractivity contribution >= 4 is 0 Å². The molecule has 5 heteroatoms. The number of fused-ring (bicyclic) bond motifs is 2. The highest BCUT2D eigenvalue weighted by Gasteiger charge is 2.40. The lowest BCUT2D eigenvalue weighted by molar-refractivity contribution is -0.127. The molecule has 0 spiro atoms. The van der Waals surface area contributed by atoms with E-state index in [1.54, 1.807) is 6.07 Å². The summed E-state index contributed by atoms with van der Waals surface area (Å²) in [6, 6.07) is 6.30. The van der Waals surface area contributed by atoms with Crippen LogP contribution in [0.15, 0.2) is 36.9 Å². The topological polar surface area (TPSA) is 50.5 Å². The first-order valence-electron chi connectivity index (χ1n) is 8.89. The molecule has 1 aromatic carbocycles. The van der Waals surface area contributed by atoms with E-state index in [-0.39, 0.29) is 12.2 Å². The largest absolute Gasteiger partial charge is 0.508 e. The summed E-state index contributed by atoms with van der Waals surface area (Å²) < 4.78 is 8.54. The maximum absolute atomic E-state index is 10.2. The Morgan fingerprint density at radius 3 is 3.04 bits per heavy atom. The maximum Gasteiger partial charge on any atom is 0.119 e. The van der Waals surface area contributed by atoms with Crippen molar-refractivity contribution in [1.82, 2.24) is 14.5 Å². The first-order chi connectivity index (χ1) is 11.7. The Balaban J connectivity index is 1.57. The number of aromatic nitrogens is 2. The van der Waals surface area contributed by atoms with Crippen molar-refractivity contribution in [2.45, 2.75) is 51.0 Å². The van der Waals surface area contributed by atoms with Crippen LogP contribution in [0.2, 0.25) is 0 Å². The van der Waals surface area contributed by atoms with Crippen molar-refractivity contribution < 1.29 is 9.84 Å². The molecule has 0 bridgehead atoms. The van der Waals surface area contributed by atoms with E-state index in [1.807, 2.05) is 24.8 Å². The fourth-order valence-corrected chi connectivity index (χ4v) is 4.21. The van der Waals surface area contributed by atoms with E-state index in [4.69, 9.17) is 4.74 Å². The molecule has 2 aromatic rings. The molecule has 1 aliphatic carbocycles. The zero-order chi connectivity index (χ0) is 16.5. The van der Waals surface area contributed by atoms with Gasteiger partial charge in [0.1, 0.15) is 5.75 Å². The van der Waals surface area contributed by atoms with Gasteiger partial charge in [-0.15, -0.1) is 0 Å². The second-order valence-corrected chi connectivity index (χ2v) is 6.94. The molecule has 1 saturated heterocycles. The van der Waals surface area contributed by atoms with Crippen LogP contribution >= 0.6 is 0 Å². The number of nitrogens with zero attached hydrogens (tertiary/aromatic N) is 3.